The van der Waals surface area contributed by atoms with E-state index in [2.05, 4.69) is 19.5 Å². The Morgan fingerprint density at radius 3 is 3.21 bits per heavy atom. The largest absolute Gasteiger partial charge is 0.453 e. The third kappa shape index (κ3) is 2.22. The molecule has 8 heteroatoms. The van der Waals surface area contributed by atoms with Crippen LogP contribution in [-0.2, 0) is 11.3 Å². The summed E-state index contributed by atoms with van der Waals surface area (Å²) in [5.74, 6) is 0.595. The SMILES string of the molecule is COC(=O)N1CCCC(n2c(CO)nc3cnc4[nH]ccc4c32)C1. The fourth-order valence-electron chi connectivity index (χ4n) is 3.61. The van der Waals surface area contributed by atoms with E-state index >= 15 is 0 Å². The minimum absolute atomic E-state index is 0.0468. The number of nitrogens with one attached hydrogen (secondary N) is 1. The van der Waals surface area contributed by atoms with E-state index in [1.807, 2.05) is 12.3 Å². The number of methoxy groups -OCH3 is 1. The molecule has 8 nitrogen and oxygen atoms in total. The van der Waals surface area contributed by atoms with Crippen molar-refractivity contribution >= 4 is 28.2 Å². The number of carbonyl (C=O) groups is 1. The number of fused-ring (bicyclic) bond motifs is 3. The standard InChI is InChI=1S/C16H19N5O3/c1-24-16(23)20-6-2-3-10(8-20)21-13(9-22)19-12-7-18-15-11(14(12)21)4-5-17-15/h4-5,7,10,22H,2-3,6,8-9H2,1H3,(H,17,18). The molecule has 2 N–H and O–H groups in total. The third-order valence-corrected chi connectivity index (χ3v) is 4.64. The van der Waals surface area contributed by atoms with Crippen molar-refractivity contribution in [1.82, 2.24) is 24.4 Å². The van der Waals surface area contributed by atoms with Crippen molar-refractivity contribution in [2.75, 3.05) is 20.2 Å². The zero-order valence-corrected chi connectivity index (χ0v) is 13.4. The second-order valence-corrected chi connectivity index (χ2v) is 6.00. The molecular formula is C16H19N5O3. The quantitative estimate of drug-likeness (QED) is 0.747. The van der Waals surface area contributed by atoms with Gasteiger partial charge in [0.05, 0.1) is 24.9 Å². The first-order valence-corrected chi connectivity index (χ1v) is 7.99. The number of rotatable bonds is 2. The Hall–Kier alpha value is -2.61. The lowest BCUT2D eigenvalue weighted by Crippen LogP contribution is -2.41. The van der Waals surface area contributed by atoms with Gasteiger partial charge in [-0.3, -0.25) is 0 Å². The van der Waals surface area contributed by atoms with Crippen molar-refractivity contribution in [3.8, 4) is 0 Å². The van der Waals surface area contributed by atoms with Crippen LogP contribution in [0.5, 0.6) is 0 Å². The van der Waals surface area contributed by atoms with E-state index < -0.39 is 0 Å². The van der Waals surface area contributed by atoms with Crippen LogP contribution in [0.25, 0.3) is 22.1 Å². The molecular weight excluding hydrogens is 310 g/mol. The van der Waals surface area contributed by atoms with E-state index in [-0.39, 0.29) is 18.7 Å². The zero-order valence-electron chi connectivity index (χ0n) is 13.4. The van der Waals surface area contributed by atoms with Crippen molar-refractivity contribution in [2.45, 2.75) is 25.5 Å². The summed E-state index contributed by atoms with van der Waals surface area (Å²) in [5.41, 5.74) is 2.48. The number of hydrogen-bond acceptors (Lipinski definition) is 5. The molecule has 4 rings (SSSR count). The topological polar surface area (TPSA) is 96.3 Å². The normalized spacial score (nSPS) is 18.4. The van der Waals surface area contributed by atoms with Gasteiger partial charge in [0.2, 0.25) is 0 Å². The highest BCUT2D eigenvalue weighted by molar-refractivity contribution is 6.01. The van der Waals surface area contributed by atoms with Gasteiger partial charge in [-0.25, -0.2) is 14.8 Å². The summed E-state index contributed by atoms with van der Waals surface area (Å²) < 4.78 is 6.91. The predicted molar refractivity (Wildman–Crippen MR) is 87.6 cm³/mol. The molecule has 1 aliphatic heterocycles. The average molecular weight is 329 g/mol. The summed E-state index contributed by atoms with van der Waals surface area (Å²) in [5, 5.41) is 10.7. The first kappa shape index (κ1) is 14.9. The smallest absolute Gasteiger partial charge is 0.409 e. The van der Waals surface area contributed by atoms with Gasteiger partial charge in [-0.15, -0.1) is 0 Å². The molecule has 1 aliphatic rings. The molecule has 24 heavy (non-hydrogen) atoms. The number of imidazole rings is 1. The second kappa shape index (κ2) is 5.79. The van der Waals surface area contributed by atoms with E-state index in [1.54, 1.807) is 11.1 Å². The highest BCUT2D eigenvalue weighted by atomic mass is 16.5. The number of likely N-dealkylation sites (tertiary alicyclic amines) is 1. The first-order valence-electron chi connectivity index (χ1n) is 7.99. The van der Waals surface area contributed by atoms with Crippen LogP contribution in [0.4, 0.5) is 4.79 Å². The van der Waals surface area contributed by atoms with E-state index in [0.717, 1.165) is 34.9 Å². The summed E-state index contributed by atoms with van der Waals surface area (Å²) in [6.45, 7) is 1.07. The van der Waals surface area contributed by atoms with Gasteiger partial charge in [-0.05, 0) is 18.9 Å². The Balaban J connectivity index is 1.85. The molecule has 0 bridgehead atoms. The number of carbonyl (C=O) groups excluding carboxylic acids is 1. The van der Waals surface area contributed by atoms with E-state index in [0.29, 0.717) is 18.9 Å². The third-order valence-electron chi connectivity index (χ3n) is 4.64. The van der Waals surface area contributed by atoms with Crippen LogP contribution in [-0.4, -0.2) is 55.8 Å². The molecule has 126 valence electrons. The number of H-pyrrole nitrogens is 1. The van der Waals surface area contributed by atoms with Crippen LogP contribution >= 0.6 is 0 Å². The number of hydrogen-bond donors (Lipinski definition) is 2. The monoisotopic (exact) mass is 329 g/mol. The van der Waals surface area contributed by atoms with Crippen molar-refractivity contribution in [1.29, 1.82) is 0 Å². The number of pyridine rings is 1. The van der Waals surface area contributed by atoms with Crippen molar-refractivity contribution < 1.29 is 14.6 Å². The Kier molecular flexibility index (Phi) is 3.61. The van der Waals surface area contributed by atoms with E-state index in [1.165, 1.54) is 7.11 Å². The van der Waals surface area contributed by atoms with Gasteiger partial charge < -0.3 is 24.3 Å². The maximum atomic E-state index is 11.9. The molecule has 1 fully saturated rings. The van der Waals surface area contributed by atoms with E-state index in [9.17, 15) is 9.90 Å². The van der Waals surface area contributed by atoms with Gasteiger partial charge in [0.25, 0.3) is 0 Å². The fourth-order valence-corrected chi connectivity index (χ4v) is 3.61. The lowest BCUT2D eigenvalue weighted by atomic mass is 10.1. The van der Waals surface area contributed by atoms with Crippen molar-refractivity contribution in [3.63, 3.8) is 0 Å². The molecule has 0 aromatic carbocycles. The number of aliphatic hydroxyl groups is 1. The Morgan fingerprint density at radius 1 is 1.54 bits per heavy atom. The number of nitrogens with zero attached hydrogens (tertiary/aromatic N) is 4. The Labute approximate surface area is 138 Å². The lowest BCUT2D eigenvalue weighted by molar-refractivity contribution is 0.103. The second-order valence-electron chi connectivity index (χ2n) is 6.00. The summed E-state index contributed by atoms with van der Waals surface area (Å²) in [7, 11) is 1.40. The van der Waals surface area contributed by atoms with Crippen LogP contribution in [0, 0.1) is 0 Å². The van der Waals surface area contributed by atoms with Gasteiger partial charge in [-0.1, -0.05) is 0 Å². The maximum absolute atomic E-state index is 11.9. The zero-order chi connectivity index (χ0) is 16.7. The van der Waals surface area contributed by atoms with Crippen molar-refractivity contribution in [3.05, 3.63) is 24.3 Å². The molecule has 0 radical (unpaired) electrons. The van der Waals surface area contributed by atoms with Crippen molar-refractivity contribution in [2.24, 2.45) is 0 Å². The minimum Gasteiger partial charge on any atom is -0.453 e. The van der Waals surface area contributed by atoms with Gasteiger partial charge >= 0.3 is 6.09 Å². The summed E-state index contributed by atoms with van der Waals surface area (Å²) >= 11 is 0. The number of aromatic amines is 1. The average Bonchev–Trinajstić information content (AvgIpc) is 3.24. The van der Waals surface area contributed by atoms with Gasteiger partial charge in [-0.2, -0.15) is 0 Å². The summed E-state index contributed by atoms with van der Waals surface area (Å²) in [6.07, 6.45) is 5.04. The predicted octanol–water partition coefficient (Wildman–Crippen LogP) is 1.81. The number of aliphatic hydroxyl groups excluding tert-OH is 1. The van der Waals surface area contributed by atoms with E-state index in [4.69, 9.17) is 4.74 Å². The number of aromatic nitrogens is 4. The molecule has 3 aromatic rings. The van der Waals surface area contributed by atoms with Crippen LogP contribution in [0.15, 0.2) is 18.5 Å². The molecule has 0 saturated carbocycles. The molecule has 1 atom stereocenters. The molecule has 3 aromatic heterocycles. The molecule has 1 unspecified atom stereocenters. The number of piperidine rings is 1. The highest BCUT2D eigenvalue weighted by Crippen LogP contribution is 2.31. The van der Waals surface area contributed by atoms with Gasteiger partial charge in [0.1, 0.15) is 23.6 Å². The Morgan fingerprint density at radius 2 is 2.42 bits per heavy atom. The van der Waals surface area contributed by atoms with Gasteiger partial charge in [0, 0.05) is 24.7 Å². The highest BCUT2D eigenvalue weighted by Gasteiger charge is 2.28. The van der Waals surface area contributed by atoms with Gasteiger partial charge in [0.15, 0.2) is 0 Å². The molecule has 1 saturated heterocycles. The van der Waals surface area contributed by atoms with Crippen LogP contribution < -0.4 is 0 Å². The number of amides is 1. The van der Waals surface area contributed by atoms with Crippen LogP contribution in [0.1, 0.15) is 24.7 Å². The Bertz CT molecular complexity index is 900. The van der Waals surface area contributed by atoms with Crippen LogP contribution in [0.3, 0.4) is 0 Å². The molecule has 4 heterocycles. The lowest BCUT2D eigenvalue weighted by Gasteiger charge is -2.33. The number of ether oxygens (including phenoxy) is 1. The summed E-state index contributed by atoms with van der Waals surface area (Å²) in [4.78, 5) is 25.6. The summed E-state index contributed by atoms with van der Waals surface area (Å²) in [6, 6.07) is 2.01. The minimum atomic E-state index is -0.317. The maximum Gasteiger partial charge on any atom is 0.409 e. The first-order chi connectivity index (χ1) is 11.7. The fraction of sp³-hybridized carbons (Fsp3) is 0.438. The molecule has 0 spiro atoms. The van der Waals surface area contributed by atoms with Crippen LogP contribution in [0.2, 0.25) is 0 Å². The molecule has 1 amide bonds. The molecule has 0 aliphatic carbocycles.